The number of halogens is 1. The summed E-state index contributed by atoms with van der Waals surface area (Å²) in [5.74, 6) is -0.195. The highest BCUT2D eigenvalue weighted by atomic mass is 79.9. The summed E-state index contributed by atoms with van der Waals surface area (Å²) in [6, 6.07) is 0. The largest absolute Gasteiger partial charge is 0.350 e. The van der Waals surface area contributed by atoms with Gasteiger partial charge in [0.25, 0.3) is 0 Å². The molecule has 0 aliphatic carbocycles. The standard InChI is InChI=1S/C9H11BrN2O2S/c1-6(10)3-11-8(13)4-12-7(2)5-15-9(12)14/h5H,1,3-4H2,2H3,(H,11,13). The molecule has 4 nitrogen and oxygen atoms in total. The highest BCUT2D eigenvalue weighted by molar-refractivity contribution is 9.11. The van der Waals surface area contributed by atoms with Gasteiger partial charge in [0.15, 0.2) is 0 Å². The first-order valence-corrected chi connectivity index (χ1v) is 5.93. The van der Waals surface area contributed by atoms with Gasteiger partial charge < -0.3 is 5.32 Å². The second-order valence-electron chi connectivity index (χ2n) is 3.02. The fraction of sp³-hybridized carbons (Fsp3) is 0.333. The number of hydrogen-bond donors (Lipinski definition) is 1. The molecule has 0 saturated heterocycles. The zero-order valence-corrected chi connectivity index (χ0v) is 10.7. The van der Waals surface area contributed by atoms with Gasteiger partial charge in [-0.05, 0) is 6.92 Å². The second kappa shape index (κ2) is 5.27. The highest BCUT2D eigenvalue weighted by Gasteiger charge is 2.07. The van der Waals surface area contributed by atoms with Gasteiger partial charge in [0.1, 0.15) is 6.54 Å². The van der Waals surface area contributed by atoms with Crippen LogP contribution in [0.5, 0.6) is 0 Å². The van der Waals surface area contributed by atoms with E-state index in [4.69, 9.17) is 0 Å². The Morgan fingerprint density at radius 2 is 2.40 bits per heavy atom. The van der Waals surface area contributed by atoms with Crippen LogP contribution in [0.3, 0.4) is 0 Å². The summed E-state index contributed by atoms with van der Waals surface area (Å²) in [7, 11) is 0. The van der Waals surface area contributed by atoms with E-state index in [9.17, 15) is 9.59 Å². The van der Waals surface area contributed by atoms with Crippen LogP contribution >= 0.6 is 27.3 Å². The maximum atomic E-state index is 11.4. The second-order valence-corrected chi connectivity index (χ2v) is 4.97. The SMILES string of the molecule is C=C(Br)CNC(=O)Cn1c(C)csc1=O. The first kappa shape index (κ1) is 12.2. The van der Waals surface area contributed by atoms with Crippen LogP contribution < -0.4 is 10.2 Å². The molecule has 0 atom stereocenters. The molecule has 82 valence electrons. The minimum absolute atomic E-state index is 0.0639. The van der Waals surface area contributed by atoms with Crippen molar-refractivity contribution in [2.75, 3.05) is 6.54 Å². The van der Waals surface area contributed by atoms with E-state index in [2.05, 4.69) is 27.8 Å². The summed E-state index contributed by atoms with van der Waals surface area (Å²) in [6.07, 6.45) is 0. The summed E-state index contributed by atoms with van der Waals surface area (Å²) in [5, 5.41) is 4.37. The van der Waals surface area contributed by atoms with Gasteiger partial charge in [-0.3, -0.25) is 14.2 Å². The molecule has 0 aliphatic heterocycles. The Hall–Kier alpha value is -0.880. The smallest absolute Gasteiger partial charge is 0.307 e. The van der Waals surface area contributed by atoms with Gasteiger partial charge in [0.2, 0.25) is 5.91 Å². The zero-order chi connectivity index (χ0) is 11.4. The van der Waals surface area contributed by atoms with Gasteiger partial charge >= 0.3 is 4.87 Å². The topological polar surface area (TPSA) is 51.1 Å². The van der Waals surface area contributed by atoms with Crippen molar-refractivity contribution < 1.29 is 4.79 Å². The number of aryl methyl sites for hydroxylation is 1. The van der Waals surface area contributed by atoms with Gasteiger partial charge in [-0.25, -0.2) is 0 Å². The van der Waals surface area contributed by atoms with Crippen LogP contribution in [0.15, 0.2) is 21.2 Å². The summed E-state index contributed by atoms with van der Waals surface area (Å²) in [5.41, 5.74) is 0.804. The van der Waals surface area contributed by atoms with Crippen LogP contribution in [-0.2, 0) is 11.3 Å². The molecular formula is C9H11BrN2O2S. The van der Waals surface area contributed by atoms with Gasteiger partial charge in [0.05, 0.1) is 0 Å². The van der Waals surface area contributed by atoms with Crippen molar-refractivity contribution in [2.24, 2.45) is 0 Å². The van der Waals surface area contributed by atoms with Gasteiger partial charge in [-0.1, -0.05) is 33.8 Å². The molecule has 1 amide bonds. The predicted molar refractivity (Wildman–Crippen MR) is 64.4 cm³/mol. The van der Waals surface area contributed by atoms with E-state index in [1.54, 1.807) is 12.3 Å². The lowest BCUT2D eigenvalue weighted by atomic mass is 10.5. The number of amides is 1. The van der Waals surface area contributed by atoms with Crippen LogP contribution in [0.4, 0.5) is 0 Å². The van der Waals surface area contributed by atoms with E-state index in [-0.39, 0.29) is 17.3 Å². The van der Waals surface area contributed by atoms with Crippen molar-refractivity contribution in [3.05, 3.63) is 31.8 Å². The molecule has 0 unspecified atom stereocenters. The molecule has 1 heterocycles. The van der Waals surface area contributed by atoms with Gasteiger partial charge in [-0.15, -0.1) is 0 Å². The van der Waals surface area contributed by atoms with Crippen LogP contribution in [-0.4, -0.2) is 17.0 Å². The minimum Gasteiger partial charge on any atom is -0.350 e. The number of carbonyl (C=O) groups is 1. The fourth-order valence-corrected chi connectivity index (χ4v) is 1.86. The molecular weight excluding hydrogens is 280 g/mol. The molecule has 0 saturated carbocycles. The van der Waals surface area contributed by atoms with Crippen LogP contribution in [0.1, 0.15) is 5.69 Å². The Balaban J connectivity index is 2.59. The molecule has 0 radical (unpaired) electrons. The number of aromatic nitrogens is 1. The lowest BCUT2D eigenvalue weighted by molar-refractivity contribution is -0.121. The average molecular weight is 291 g/mol. The average Bonchev–Trinajstić information content (AvgIpc) is 2.46. The molecule has 1 aromatic heterocycles. The van der Waals surface area contributed by atoms with Crippen molar-refractivity contribution in [1.29, 1.82) is 0 Å². The Kier molecular flexibility index (Phi) is 4.28. The maximum Gasteiger partial charge on any atom is 0.307 e. The van der Waals surface area contributed by atoms with E-state index in [0.717, 1.165) is 17.0 Å². The van der Waals surface area contributed by atoms with Crippen molar-refractivity contribution in [2.45, 2.75) is 13.5 Å². The van der Waals surface area contributed by atoms with E-state index in [1.807, 2.05) is 0 Å². The van der Waals surface area contributed by atoms with E-state index < -0.39 is 0 Å². The van der Waals surface area contributed by atoms with Crippen LogP contribution in [0.25, 0.3) is 0 Å². The quantitative estimate of drug-likeness (QED) is 0.907. The zero-order valence-electron chi connectivity index (χ0n) is 8.25. The van der Waals surface area contributed by atoms with Crippen molar-refractivity contribution in [1.82, 2.24) is 9.88 Å². The Morgan fingerprint density at radius 3 is 2.87 bits per heavy atom. The molecule has 1 rings (SSSR count). The molecule has 0 fully saturated rings. The van der Waals surface area contributed by atoms with Crippen LogP contribution in [0.2, 0.25) is 0 Å². The van der Waals surface area contributed by atoms with Gasteiger partial charge in [-0.2, -0.15) is 0 Å². The van der Waals surface area contributed by atoms with Crippen LogP contribution in [0, 0.1) is 6.92 Å². The van der Waals surface area contributed by atoms with Crippen molar-refractivity contribution in [3.8, 4) is 0 Å². The fourth-order valence-electron chi connectivity index (χ4n) is 0.990. The Labute approximate surface area is 99.7 Å². The van der Waals surface area contributed by atoms with Crippen molar-refractivity contribution >= 4 is 33.2 Å². The normalized spacial score (nSPS) is 10.0. The number of nitrogens with one attached hydrogen (secondary N) is 1. The monoisotopic (exact) mass is 290 g/mol. The molecule has 0 spiro atoms. The van der Waals surface area contributed by atoms with E-state index in [0.29, 0.717) is 11.0 Å². The first-order valence-electron chi connectivity index (χ1n) is 4.25. The molecule has 0 aromatic carbocycles. The highest BCUT2D eigenvalue weighted by Crippen LogP contribution is 2.00. The number of nitrogens with zero attached hydrogens (tertiary/aromatic N) is 1. The Bertz CT molecular complexity index is 436. The summed E-state index contributed by atoms with van der Waals surface area (Å²) in [6.45, 7) is 5.83. The Morgan fingerprint density at radius 1 is 1.73 bits per heavy atom. The third-order valence-corrected chi connectivity index (χ3v) is 2.92. The summed E-state index contributed by atoms with van der Waals surface area (Å²) in [4.78, 5) is 22.6. The minimum atomic E-state index is -0.195. The summed E-state index contributed by atoms with van der Waals surface area (Å²) >= 11 is 4.23. The number of thiazole rings is 1. The lowest BCUT2D eigenvalue weighted by Gasteiger charge is -2.05. The number of rotatable bonds is 4. The molecule has 0 bridgehead atoms. The molecule has 6 heteroatoms. The number of hydrogen-bond acceptors (Lipinski definition) is 3. The first-order chi connectivity index (χ1) is 7.00. The molecule has 1 aromatic rings. The lowest BCUT2D eigenvalue weighted by Crippen LogP contribution is -2.31. The summed E-state index contributed by atoms with van der Waals surface area (Å²) < 4.78 is 2.14. The van der Waals surface area contributed by atoms with Gasteiger partial charge in [0, 0.05) is 22.1 Å². The molecule has 15 heavy (non-hydrogen) atoms. The number of carbonyl (C=O) groups excluding carboxylic acids is 1. The third-order valence-electron chi connectivity index (χ3n) is 1.76. The maximum absolute atomic E-state index is 11.4. The van der Waals surface area contributed by atoms with E-state index in [1.165, 1.54) is 4.57 Å². The van der Waals surface area contributed by atoms with Crippen molar-refractivity contribution in [3.63, 3.8) is 0 Å². The third kappa shape index (κ3) is 3.64. The van der Waals surface area contributed by atoms with E-state index >= 15 is 0 Å². The predicted octanol–water partition coefficient (Wildman–Crippen LogP) is 1.24. The molecule has 1 N–H and O–H groups in total. The molecule has 0 aliphatic rings.